The fourth-order valence-electron chi connectivity index (χ4n) is 3.83. The number of morpholine rings is 1. The van der Waals surface area contributed by atoms with Crippen LogP contribution in [0.3, 0.4) is 0 Å². The number of nitrogens with one attached hydrogen (secondary N) is 1. The number of sulfonamides is 1. The van der Waals surface area contributed by atoms with Gasteiger partial charge in [0.25, 0.3) is 5.91 Å². The summed E-state index contributed by atoms with van der Waals surface area (Å²) in [5.74, 6) is -0.353. The molecule has 1 aromatic heterocycles. The number of benzene rings is 3. The van der Waals surface area contributed by atoms with Gasteiger partial charge >= 0.3 is 0 Å². The summed E-state index contributed by atoms with van der Waals surface area (Å²) in [5, 5.41) is 3.34. The smallest absolute Gasteiger partial charge is 0.257 e. The normalized spacial score (nSPS) is 14.5. The minimum Gasteiger partial charge on any atom is -0.379 e. The largest absolute Gasteiger partial charge is 0.379 e. The maximum Gasteiger partial charge on any atom is 0.257 e. The van der Waals surface area contributed by atoms with Crippen LogP contribution in [0, 0.1) is 0 Å². The number of rotatable bonds is 6. The summed E-state index contributed by atoms with van der Waals surface area (Å²) in [5.41, 5.74) is 3.12. The van der Waals surface area contributed by atoms with Crippen LogP contribution in [0.1, 0.15) is 10.4 Å². The van der Waals surface area contributed by atoms with Gasteiger partial charge in [0.05, 0.1) is 28.7 Å². The minimum atomic E-state index is -3.62. The first-order chi connectivity index (χ1) is 17.0. The van der Waals surface area contributed by atoms with E-state index < -0.39 is 10.0 Å². The second-order valence-electron chi connectivity index (χ2n) is 7.92. The number of aromatic nitrogens is 1. The highest BCUT2D eigenvalue weighted by Gasteiger charge is 2.26. The summed E-state index contributed by atoms with van der Waals surface area (Å²) in [7, 11) is -3.62. The Morgan fingerprint density at radius 2 is 1.46 bits per heavy atom. The number of ether oxygens (including phenoxy) is 1. The van der Waals surface area contributed by atoms with Crippen LogP contribution >= 0.6 is 11.3 Å². The maximum atomic E-state index is 12.9. The fraction of sp³-hybridized carbons (Fsp3) is 0.154. The summed E-state index contributed by atoms with van der Waals surface area (Å²) in [6, 6.07) is 25.7. The molecule has 0 saturated carbocycles. The molecule has 0 atom stereocenters. The van der Waals surface area contributed by atoms with Crippen LogP contribution < -0.4 is 5.32 Å². The van der Waals surface area contributed by atoms with E-state index in [1.165, 1.54) is 39.9 Å². The van der Waals surface area contributed by atoms with E-state index in [0.29, 0.717) is 37.0 Å². The summed E-state index contributed by atoms with van der Waals surface area (Å²) in [6.07, 6.45) is 0. The molecular weight excluding hydrogens is 482 g/mol. The first-order valence-corrected chi connectivity index (χ1v) is 13.4. The number of carbonyl (C=O) groups is 1. The van der Waals surface area contributed by atoms with Crippen molar-refractivity contribution in [1.29, 1.82) is 0 Å². The predicted octanol–water partition coefficient (Wildman–Crippen LogP) is 4.75. The Kier molecular flexibility index (Phi) is 6.74. The zero-order chi connectivity index (χ0) is 24.3. The van der Waals surface area contributed by atoms with E-state index in [9.17, 15) is 13.2 Å². The van der Waals surface area contributed by atoms with Crippen molar-refractivity contribution < 1.29 is 17.9 Å². The lowest BCUT2D eigenvalue weighted by Gasteiger charge is -2.26. The third-order valence-corrected chi connectivity index (χ3v) is 8.59. The molecular formula is C26H23N3O4S2. The van der Waals surface area contributed by atoms with Gasteiger partial charge in [0.1, 0.15) is 0 Å². The van der Waals surface area contributed by atoms with Crippen LogP contribution in [-0.2, 0) is 14.8 Å². The molecule has 1 aliphatic heterocycles. The zero-order valence-electron chi connectivity index (χ0n) is 18.8. The molecule has 1 amide bonds. The van der Waals surface area contributed by atoms with E-state index in [2.05, 4.69) is 5.32 Å². The molecule has 4 aromatic rings. The van der Waals surface area contributed by atoms with Gasteiger partial charge in [0.15, 0.2) is 5.13 Å². The molecule has 1 N–H and O–H groups in total. The number of hydrogen-bond acceptors (Lipinski definition) is 6. The minimum absolute atomic E-state index is 0.155. The number of carbonyl (C=O) groups excluding carboxylic acids is 1. The third-order valence-electron chi connectivity index (χ3n) is 5.66. The van der Waals surface area contributed by atoms with Crippen molar-refractivity contribution in [3.05, 3.63) is 90.5 Å². The van der Waals surface area contributed by atoms with Crippen LogP contribution in [0.15, 0.2) is 89.8 Å². The third kappa shape index (κ3) is 5.03. The molecule has 7 nitrogen and oxygen atoms in total. The molecule has 0 bridgehead atoms. The molecule has 1 saturated heterocycles. The number of amides is 1. The number of nitrogens with zero attached hydrogens (tertiary/aromatic N) is 2. The van der Waals surface area contributed by atoms with Gasteiger partial charge in [-0.25, -0.2) is 13.4 Å². The molecule has 3 aromatic carbocycles. The van der Waals surface area contributed by atoms with Gasteiger partial charge in [0.2, 0.25) is 10.0 Å². The van der Waals surface area contributed by atoms with Crippen LogP contribution in [0.4, 0.5) is 5.13 Å². The van der Waals surface area contributed by atoms with E-state index in [-0.39, 0.29) is 10.8 Å². The monoisotopic (exact) mass is 505 g/mol. The molecule has 1 aliphatic rings. The first-order valence-electron chi connectivity index (χ1n) is 11.1. The van der Waals surface area contributed by atoms with Gasteiger partial charge in [-0.15, -0.1) is 0 Å². The van der Waals surface area contributed by atoms with Crippen LogP contribution in [0.5, 0.6) is 0 Å². The standard InChI is InChI=1S/C26H23N3O4S2/c30-25(21-11-13-22(14-12-21)35(31,32)29-15-17-33-18-16-29)28-26-27-23(19-7-3-1-4-8-19)24(34-26)20-9-5-2-6-10-20/h1-14H,15-18H2,(H,27,28,30). The molecule has 2 heterocycles. The van der Waals surface area contributed by atoms with Crippen molar-refractivity contribution in [3.8, 4) is 21.7 Å². The molecule has 0 radical (unpaired) electrons. The van der Waals surface area contributed by atoms with E-state index >= 15 is 0 Å². The highest BCUT2D eigenvalue weighted by Crippen LogP contribution is 2.39. The molecule has 0 spiro atoms. The molecule has 5 rings (SSSR count). The molecule has 0 aliphatic carbocycles. The van der Waals surface area contributed by atoms with Gasteiger partial charge < -0.3 is 4.74 Å². The topological polar surface area (TPSA) is 88.6 Å². The Labute approximate surface area is 208 Å². The second kappa shape index (κ2) is 10.1. The van der Waals surface area contributed by atoms with E-state index in [1.54, 1.807) is 0 Å². The zero-order valence-corrected chi connectivity index (χ0v) is 20.4. The van der Waals surface area contributed by atoms with Gasteiger partial charge in [-0.3, -0.25) is 10.1 Å². The Hall–Kier alpha value is -3.37. The Bertz CT molecular complexity index is 1360. The van der Waals surface area contributed by atoms with Crippen LogP contribution in [-0.4, -0.2) is 49.9 Å². The Morgan fingerprint density at radius 3 is 2.09 bits per heavy atom. The average molecular weight is 506 g/mol. The van der Waals surface area contributed by atoms with Crippen molar-refractivity contribution in [2.75, 3.05) is 31.6 Å². The van der Waals surface area contributed by atoms with Crippen molar-refractivity contribution in [2.24, 2.45) is 0 Å². The maximum absolute atomic E-state index is 12.9. The number of hydrogen-bond donors (Lipinski definition) is 1. The number of thiazole rings is 1. The van der Waals surface area contributed by atoms with Crippen molar-refractivity contribution >= 4 is 32.4 Å². The first kappa shape index (κ1) is 23.4. The summed E-state index contributed by atoms with van der Waals surface area (Å²) < 4.78 is 32.3. The van der Waals surface area contributed by atoms with E-state index in [0.717, 1.165) is 21.7 Å². The lowest BCUT2D eigenvalue weighted by atomic mass is 10.1. The predicted molar refractivity (Wildman–Crippen MR) is 137 cm³/mol. The SMILES string of the molecule is O=C(Nc1nc(-c2ccccc2)c(-c2ccccc2)s1)c1ccc(S(=O)(=O)N2CCOCC2)cc1. The average Bonchev–Trinajstić information content (AvgIpc) is 3.34. The highest BCUT2D eigenvalue weighted by molar-refractivity contribution is 7.89. The van der Waals surface area contributed by atoms with Crippen molar-refractivity contribution in [1.82, 2.24) is 9.29 Å². The van der Waals surface area contributed by atoms with Gasteiger partial charge in [0, 0.05) is 24.2 Å². The molecule has 35 heavy (non-hydrogen) atoms. The Morgan fingerprint density at radius 1 is 0.857 bits per heavy atom. The lowest BCUT2D eigenvalue weighted by molar-refractivity contribution is 0.0730. The molecule has 178 valence electrons. The van der Waals surface area contributed by atoms with Crippen molar-refractivity contribution in [3.63, 3.8) is 0 Å². The van der Waals surface area contributed by atoms with Gasteiger partial charge in [-0.2, -0.15) is 4.31 Å². The molecule has 0 unspecified atom stereocenters. The van der Waals surface area contributed by atoms with Crippen molar-refractivity contribution in [2.45, 2.75) is 4.90 Å². The van der Waals surface area contributed by atoms with E-state index in [1.807, 2.05) is 60.7 Å². The Balaban J connectivity index is 1.39. The van der Waals surface area contributed by atoms with Crippen LogP contribution in [0.2, 0.25) is 0 Å². The van der Waals surface area contributed by atoms with Gasteiger partial charge in [-0.1, -0.05) is 72.0 Å². The summed E-state index contributed by atoms with van der Waals surface area (Å²) in [6.45, 7) is 1.40. The van der Waals surface area contributed by atoms with Crippen LogP contribution in [0.25, 0.3) is 21.7 Å². The molecule has 1 fully saturated rings. The quantitative estimate of drug-likeness (QED) is 0.409. The van der Waals surface area contributed by atoms with Gasteiger partial charge in [-0.05, 0) is 29.8 Å². The highest BCUT2D eigenvalue weighted by atomic mass is 32.2. The molecule has 9 heteroatoms. The summed E-state index contributed by atoms with van der Waals surface area (Å²) in [4.78, 5) is 18.8. The summed E-state index contributed by atoms with van der Waals surface area (Å²) >= 11 is 1.40. The lowest BCUT2D eigenvalue weighted by Crippen LogP contribution is -2.40. The fourth-order valence-corrected chi connectivity index (χ4v) is 6.23. The number of anilines is 1. The van der Waals surface area contributed by atoms with E-state index in [4.69, 9.17) is 9.72 Å². The second-order valence-corrected chi connectivity index (χ2v) is 10.9.